The molecule has 1 saturated heterocycles. The number of aromatic nitrogens is 5. The van der Waals surface area contributed by atoms with Crippen LogP contribution in [0.25, 0.3) is 16.8 Å². The number of rotatable bonds is 7. The number of halogens is 1. The van der Waals surface area contributed by atoms with Crippen molar-refractivity contribution in [3.8, 4) is 6.07 Å². The Hall–Kier alpha value is -3.64. The van der Waals surface area contributed by atoms with Crippen LogP contribution in [0.2, 0.25) is 0 Å². The minimum absolute atomic E-state index is 0.0106. The normalized spacial score (nSPS) is 21.2. The molecule has 196 valence electrons. The Morgan fingerprint density at radius 3 is 2.55 bits per heavy atom. The van der Waals surface area contributed by atoms with Crippen molar-refractivity contribution >= 4 is 22.6 Å². The molecule has 0 N–H and O–H groups in total. The van der Waals surface area contributed by atoms with Gasteiger partial charge in [-0.05, 0) is 61.8 Å². The predicted molar refractivity (Wildman–Crippen MR) is 144 cm³/mol. The van der Waals surface area contributed by atoms with E-state index in [1.54, 1.807) is 18.5 Å². The molecule has 8 nitrogen and oxygen atoms in total. The number of fused-ring (bicyclic) bond motifs is 3. The van der Waals surface area contributed by atoms with E-state index in [2.05, 4.69) is 57.9 Å². The van der Waals surface area contributed by atoms with Crippen LogP contribution in [0.1, 0.15) is 81.7 Å². The average Bonchev–Trinajstić information content (AvgIpc) is 3.69. The summed E-state index contributed by atoms with van der Waals surface area (Å²) in [5.74, 6) is 1.70. The Kier molecular flexibility index (Phi) is 6.44. The maximum absolute atomic E-state index is 15.4. The van der Waals surface area contributed by atoms with Gasteiger partial charge in [0.15, 0.2) is 5.82 Å². The number of piperazine rings is 1. The molecule has 2 aliphatic rings. The highest BCUT2D eigenvalue weighted by atomic mass is 19.1. The molecule has 0 amide bonds. The molecule has 1 aromatic carbocycles. The van der Waals surface area contributed by atoms with Crippen molar-refractivity contribution in [2.45, 2.75) is 76.9 Å². The Labute approximate surface area is 222 Å². The second-order valence-electron chi connectivity index (χ2n) is 10.6. The van der Waals surface area contributed by atoms with Crippen LogP contribution in [-0.2, 0) is 0 Å². The van der Waals surface area contributed by atoms with Gasteiger partial charge in [0, 0.05) is 36.8 Å². The summed E-state index contributed by atoms with van der Waals surface area (Å²) in [7, 11) is 0. The minimum atomic E-state index is -0.0790. The van der Waals surface area contributed by atoms with E-state index in [1.807, 2.05) is 16.5 Å². The Morgan fingerprint density at radius 2 is 1.87 bits per heavy atom. The lowest BCUT2D eigenvalue weighted by molar-refractivity contribution is 0.0877. The predicted octanol–water partition coefficient (Wildman–Crippen LogP) is 5.39. The number of hydrogen-bond acceptors (Lipinski definition) is 7. The fourth-order valence-electron chi connectivity index (χ4n) is 6.14. The summed E-state index contributed by atoms with van der Waals surface area (Å²) in [6.45, 7) is 8.05. The van der Waals surface area contributed by atoms with Crippen molar-refractivity contribution in [3.05, 3.63) is 59.3 Å². The van der Waals surface area contributed by atoms with E-state index in [-0.39, 0.29) is 23.9 Å². The second-order valence-corrected chi connectivity index (χ2v) is 10.6. The molecule has 3 atom stereocenters. The number of pyridine rings is 1. The van der Waals surface area contributed by atoms with E-state index in [0.29, 0.717) is 22.9 Å². The molecular formula is C29H33FN8. The Morgan fingerprint density at radius 1 is 1.05 bits per heavy atom. The first kappa shape index (κ1) is 24.7. The molecule has 4 aromatic rings. The van der Waals surface area contributed by atoms with Crippen LogP contribution in [0.3, 0.4) is 0 Å². The van der Waals surface area contributed by atoms with Crippen molar-refractivity contribution in [1.82, 2.24) is 29.5 Å². The van der Waals surface area contributed by atoms with Crippen molar-refractivity contribution < 1.29 is 4.39 Å². The van der Waals surface area contributed by atoms with Gasteiger partial charge in [0.1, 0.15) is 29.4 Å². The zero-order valence-electron chi connectivity index (χ0n) is 22.2. The van der Waals surface area contributed by atoms with Crippen LogP contribution < -0.4 is 4.90 Å². The second kappa shape index (κ2) is 9.91. The van der Waals surface area contributed by atoms with Gasteiger partial charge in [-0.1, -0.05) is 32.9 Å². The van der Waals surface area contributed by atoms with Gasteiger partial charge in [0.2, 0.25) is 0 Å². The molecule has 0 bridgehead atoms. The number of anilines is 1. The van der Waals surface area contributed by atoms with E-state index >= 15 is 4.39 Å². The summed E-state index contributed by atoms with van der Waals surface area (Å²) in [6.07, 6.45) is 6.62. The summed E-state index contributed by atoms with van der Waals surface area (Å²) >= 11 is 0. The van der Waals surface area contributed by atoms with Gasteiger partial charge in [0.05, 0.1) is 5.52 Å². The van der Waals surface area contributed by atoms with Crippen molar-refractivity contribution in [2.24, 2.45) is 0 Å². The van der Waals surface area contributed by atoms with Crippen molar-refractivity contribution in [2.75, 3.05) is 18.0 Å². The highest BCUT2D eigenvalue weighted by molar-refractivity contribution is 5.88. The molecular weight excluding hydrogens is 479 g/mol. The highest BCUT2D eigenvalue weighted by Gasteiger charge is 2.38. The monoisotopic (exact) mass is 512 g/mol. The Balaban J connectivity index is 1.39. The third kappa shape index (κ3) is 4.17. The highest BCUT2D eigenvalue weighted by Crippen LogP contribution is 2.42. The molecule has 1 aliphatic heterocycles. The quantitative estimate of drug-likeness (QED) is 0.328. The van der Waals surface area contributed by atoms with E-state index in [0.717, 1.165) is 54.8 Å². The van der Waals surface area contributed by atoms with Gasteiger partial charge >= 0.3 is 0 Å². The summed E-state index contributed by atoms with van der Waals surface area (Å²) in [6, 6.07) is 12.1. The first-order valence-electron chi connectivity index (χ1n) is 13.8. The molecule has 1 unspecified atom stereocenters. The van der Waals surface area contributed by atoms with Crippen LogP contribution in [-0.4, -0.2) is 54.6 Å². The van der Waals surface area contributed by atoms with Crippen molar-refractivity contribution in [3.63, 3.8) is 0 Å². The lowest BCUT2D eigenvalue weighted by atomic mass is 9.93. The number of nitriles is 1. The molecule has 4 heterocycles. The summed E-state index contributed by atoms with van der Waals surface area (Å²) in [5.41, 5.74) is 3.78. The first-order valence-corrected chi connectivity index (χ1v) is 13.8. The molecule has 1 saturated carbocycles. The van der Waals surface area contributed by atoms with Gasteiger partial charge in [-0.15, -0.1) is 10.2 Å². The third-order valence-corrected chi connectivity index (χ3v) is 8.37. The fourth-order valence-corrected chi connectivity index (χ4v) is 6.14. The average molecular weight is 513 g/mol. The zero-order valence-corrected chi connectivity index (χ0v) is 22.2. The smallest absolute Gasteiger partial charge is 0.257 e. The molecule has 38 heavy (non-hydrogen) atoms. The third-order valence-electron chi connectivity index (χ3n) is 8.37. The summed E-state index contributed by atoms with van der Waals surface area (Å²) in [5, 5.41) is 17.8. The van der Waals surface area contributed by atoms with Crippen LogP contribution >= 0.6 is 0 Å². The molecule has 0 radical (unpaired) electrons. The molecule has 0 spiro atoms. The minimum Gasteiger partial charge on any atom is -0.349 e. The first-order chi connectivity index (χ1) is 18.6. The van der Waals surface area contributed by atoms with Gasteiger partial charge < -0.3 is 4.90 Å². The molecule has 1 aliphatic carbocycles. The SMILES string of the molecule is CCC(c1ccc(C2CC2)cc1F)N1C[C@H](CC)N(c2nc3nncn3c3ccc(C#N)nc23)C[C@H]1CC. The molecule has 6 rings (SSSR count). The van der Waals surface area contributed by atoms with Crippen LogP contribution in [0, 0.1) is 17.1 Å². The largest absolute Gasteiger partial charge is 0.349 e. The number of nitrogens with zero attached hydrogens (tertiary/aromatic N) is 8. The number of benzene rings is 1. The summed E-state index contributed by atoms with van der Waals surface area (Å²) in [4.78, 5) is 14.4. The molecule has 2 fully saturated rings. The fraction of sp³-hybridized carbons (Fsp3) is 0.483. The van der Waals surface area contributed by atoms with Gasteiger partial charge in [0.25, 0.3) is 5.78 Å². The van der Waals surface area contributed by atoms with Gasteiger partial charge in [-0.3, -0.25) is 9.30 Å². The maximum atomic E-state index is 15.4. The lowest BCUT2D eigenvalue weighted by Gasteiger charge is -2.49. The zero-order chi connectivity index (χ0) is 26.4. The van der Waals surface area contributed by atoms with E-state index in [9.17, 15) is 5.26 Å². The van der Waals surface area contributed by atoms with Crippen LogP contribution in [0.5, 0.6) is 0 Å². The van der Waals surface area contributed by atoms with Gasteiger partial charge in [-0.25, -0.2) is 9.37 Å². The molecule has 3 aromatic heterocycles. The lowest BCUT2D eigenvalue weighted by Crippen LogP contribution is -2.59. The Bertz CT molecular complexity index is 1520. The topological polar surface area (TPSA) is 86.2 Å². The van der Waals surface area contributed by atoms with E-state index in [4.69, 9.17) is 4.98 Å². The maximum Gasteiger partial charge on any atom is 0.257 e. The number of hydrogen-bond donors (Lipinski definition) is 0. The van der Waals surface area contributed by atoms with Crippen LogP contribution in [0.4, 0.5) is 10.2 Å². The van der Waals surface area contributed by atoms with E-state index in [1.165, 1.54) is 12.8 Å². The van der Waals surface area contributed by atoms with Crippen LogP contribution in [0.15, 0.2) is 36.7 Å². The van der Waals surface area contributed by atoms with Crippen molar-refractivity contribution in [1.29, 1.82) is 5.26 Å². The standard InChI is InChI=1S/C29H33FN8/c1-4-21-16-37(28-27-26(12-10-20(14-31)33-27)38-17-32-35-29(38)34-28)22(5-2)15-36(21)25(6-3)23-11-9-19(13-24(23)30)18-7-8-18/h9-13,17-18,21-22,25H,4-8,15-16H2,1-3H3/t21-,22+,25?/m1/s1. The van der Waals surface area contributed by atoms with Gasteiger partial charge in [-0.2, -0.15) is 10.2 Å². The molecule has 9 heteroatoms. The summed E-state index contributed by atoms with van der Waals surface area (Å²) < 4.78 is 17.3. The van der Waals surface area contributed by atoms with E-state index < -0.39 is 0 Å².